The van der Waals surface area contributed by atoms with Crippen molar-refractivity contribution in [3.05, 3.63) is 84.5 Å². The lowest BCUT2D eigenvalue weighted by atomic mass is 9.48. The van der Waals surface area contributed by atoms with Gasteiger partial charge < -0.3 is 40.4 Å². The number of aromatic nitrogens is 6. The zero-order chi connectivity index (χ0) is 81.1. The molecule has 17 heteroatoms. The van der Waals surface area contributed by atoms with Crippen LogP contribution in [0.4, 0.5) is 13.2 Å². The number of Topliss-reactive ketones (excluding diaryl/α,β-unsaturated/α-hetero) is 4. The molecular weight excluding hydrogens is 1460 g/mol. The van der Waals surface area contributed by atoms with Crippen LogP contribution < -0.4 is 0 Å². The maximum absolute atomic E-state index is 13.4. The average Bonchev–Trinajstić information content (AvgIpc) is 1.58. The Hall–Kier alpha value is -4.71. The average molecular weight is 1600 g/mol. The van der Waals surface area contributed by atoms with Crippen molar-refractivity contribution in [2.24, 2.45) is 164 Å². The summed E-state index contributed by atoms with van der Waals surface area (Å²) in [6.45, 7) is 13.2. The fourth-order valence-electron chi connectivity index (χ4n) is 33.6. The number of hydrogen-bond donors (Lipinski definition) is 8. The van der Waals surface area contributed by atoms with Crippen molar-refractivity contribution >= 4 is 23.1 Å². The zero-order valence-electron chi connectivity index (χ0n) is 71.4. The molecule has 0 radical (unpaired) electrons. The van der Waals surface area contributed by atoms with Gasteiger partial charge in [0.15, 0.2) is 0 Å². The second kappa shape index (κ2) is 32.8. The molecule has 14 nitrogen and oxygen atoms in total. The van der Waals surface area contributed by atoms with Gasteiger partial charge >= 0.3 is 0 Å². The Kier molecular flexibility index (Phi) is 23.7. The van der Waals surface area contributed by atoms with Crippen LogP contribution in [0, 0.1) is 164 Å². The first-order chi connectivity index (χ1) is 55.6. The maximum Gasteiger partial charge on any atom is 0.266 e. The van der Waals surface area contributed by atoms with Crippen LogP contribution in [0.1, 0.15) is 302 Å². The third-order valence-corrected chi connectivity index (χ3v) is 39.2. The molecule has 20 rings (SSSR count). The molecule has 4 heterocycles. The van der Waals surface area contributed by atoms with E-state index in [0.717, 1.165) is 210 Å². The van der Waals surface area contributed by atoms with Gasteiger partial charge in [0.2, 0.25) is 0 Å². The minimum Gasteiger partial charge on any atom is -0.390 e. The quantitative estimate of drug-likeness (QED) is 0.0560. The van der Waals surface area contributed by atoms with E-state index in [1.165, 1.54) is 96.3 Å². The predicted molar refractivity (Wildman–Crippen MR) is 444 cm³/mol. The highest BCUT2D eigenvalue weighted by molar-refractivity contribution is 5.86. The standard InChI is InChI=1S/C25H35F2NO2.C25H36FNO2.C25H38N2O2.C24H36N2O2/c1-24-10-8-18-17-9-11-25(30,23(26)27)14-15(17)4-5-19(18)20(24)6-7-21(24)22(29)13-16-3-2-12-28-16;1-24-10-8-19-18-9-11-25(29,15-26)14-16(18)4-5-20(19)21(24)6-7-22(24)23(28)13-17-3-2-12-27-17;1-3-25(29)11-9-17-16(15-25)4-5-19-18(17)8-10-24(2)20(19)6-7-21(24)22(28)14-23-26-12-13-27-23;1-23(28)9-7-16-15(14-23)3-4-18-17(16)8-10-24(2)19(18)5-6-20(24)21(27)13-22-25-11-12-26-22/h2-3,12,15,17-21,23,28,30H,4-11,13-14H2,1H3;2-3,12,16,18-22,27,29H,4-11,13-15H2,1H3;12-13,16-21,29H,3-11,14-15H2,1-2H3,(H,26,27);11-12,15-20,28H,3-10,13-14H2,1-2H3,(H,25,26)/t15-,17+,18-,19-,20+,21-,24+,25-;16-,18+,19-,20-,21+,22-,24+,25-;16-,17+,18-,19-,20+,21-,24+,25-;15-,16+,17-,18-,19+,20-,23-,24+/m1111/s1. The number of alkyl halides is 3. The fraction of sp³-hybridized carbons (Fsp3) is 0.818. The van der Waals surface area contributed by atoms with Gasteiger partial charge in [0, 0.05) is 85.1 Å². The SMILES string of the molecule is CC[C@@]1(O)CC[C@H]2[C@H](CC[C@@H]3[C@@H]2CC[C@]2(C)[C@@H](C(=O)Cc4ncc[nH]4)CC[C@@H]32)C1.C[C@@]1(O)CC[C@H]2[C@H](CC[C@@H]3[C@@H]2CC[C@]2(C)[C@@H](C(=O)Cc4ncc[nH]4)CC[C@@H]32)C1.C[C@]12CC[C@H]3[C@@H](CC[C@@H]4C[C@@](O)(C(F)F)CC[C@@H]43)[C@@H]1CC[C@@H]2C(=O)Cc1ccc[nH]1.C[C@]12CC[C@H]3[C@@H](CC[C@@H]4C[C@@](O)(CF)CC[C@@H]43)[C@@H]1CC[C@@H]2C(=O)Cc1ccc[nH]1. The van der Waals surface area contributed by atoms with Gasteiger partial charge in [-0.1, -0.05) is 34.6 Å². The third-order valence-electron chi connectivity index (χ3n) is 39.2. The largest absolute Gasteiger partial charge is 0.390 e. The summed E-state index contributed by atoms with van der Waals surface area (Å²) >= 11 is 0. The fourth-order valence-corrected chi connectivity index (χ4v) is 33.6. The predicted octanol–water partition coefficient (Wildman–Crippen LogP) is 20.0. The van der Waals surface area contributed by atoms with Crippen LogP contribution in [-0.2, 0) is 44.9 Å². The molecule has 0 aromatic carbocycles. The van der Waals surface area contributed by atoms with Crippen LogP contribution in [0.25, 0.3) is 0 Å². The molecule has 4 aromatic heterocycles. The molecule has 116 heavy (non-hydrogen) atoms. The third kappa shape index (κ3) is 15.5. The Morgan fingerprint density at radius 1 is 0.379 bits per heavy atom. The maximum atomic E-state index is 13.4. The van der Waals surface area contributed by atoms with Gasteiger partial charge in [0.25, 0.3) is 6.43 Å². The summed E-state index contributed by atoms with van der Waals surface area (Å²) < 4.78 is 40.1. The van der Waals surface area contributed by atoms with E-state index < -0.39 is 35.5 Å². The Morgan fingerprint density at radius 3 is 1.06 bits per heavy atom. The smallest absolute Gasteiger partial charge is 0.266 e. The first-order valence-electron chi connectivity index (χ1n) is 47.6. The van der Waals surface area contributed by atoms with Crippen LogP contribution in [0.2, 0.25) is 0 Å². The van der Waals surface area contributed by atoms with Crippen molar-refractivity contribution in [2.75, 3.05) is 6.67 Å². The Labute approximate surface area is 690 Å². The Balaban J connectivity index is 0.000000111. The number of ketones is 4. The lowest BCUT2D eigenvalue weighted by molar-refractivity contribution is -0.160. The van der Waals surface area contributed by atoms with E-state index in [1.807, 2.05) is 56.0 Å². The van der Waals surface area contributed by atoms with Crippen molar-refractivity contribution in [3.8, 4) is 0 Å². The normalized spacial score (nSPS) is 46.6. The second-order valence-electron chi connectivity index (χ2n) is 44.3. The van der Waals surface area contributed by atoms with Gasteiger partial charge in [-0.3, -0.25) is 19.2 Å². The van der Waals surface area contributed by atoms with Gasteiger partial charge in [-0.25, -0.2) is 23.1 Å². The molecule has 0 spiro atoms. The summed E-state index contributed by atoms with van der Waals surface area (Å²) in [7, 11) is 0. The molecule has 8 N–H and O–H groups in total. The van der Waals surface area contributed by atoms with Crippen LogP contribution in [0.5, 0.6) is 0 Å². The van der Waals surface area contributed by atoms with Crippen LogP contribution >= 0.6 is 0 Å². The summed E-state index contributed by atoms with van der Waals surface area (Å²) in [6, 6.07) is 7.94. The molecule has 640 valence electrons. The Morgan fingerprint density at radius 2 is 0.716 bits per heavy atom. The minimum absolute atomic E-state index is 0.0933. The monoisotopic (exact) mass is 1600 g/mol. The summed E-state index contributed by atoms with van der Waals surface area (Å²) in [4.78, 5) is 73.8. The molecule has 0 aliphatic heterocycles. The number of H-pyrrole nitrogens is 4. The zero-order valence-corrected chi connectivity index (χ0v) is 71.4. The highest BCUT2D eigenvalue weighted by atomic mass is 19.3. The highest BCUT2D eigenvalue weighted by Crippen LogP contribution is 2.70. The topological polar surface area (TPSA) is 238 Å². The summed E-state index contributed by atoms with van der Waals surface area (Å²) in [5.74, 6) is 17.7. The van der Waals surface area contributed by atoms with Crippen molar-refractivity contribution in [3.63, 3.8) is 0 Å². The molecule has 16 aliphatic carbocycles. The summed E-state index contributed by atoms with van der Waals surface area (Å²) in [6.07, 6.45) is 49.4. The summed E-state index contributed by atoms with van der Waals surface area (Å²) in [5, 5.41) is 42.3. The molecule has 0 unspecified atom stereocenters. The number of hydrogen-bond acceptors (Lipinski definition) is 10. The van der Waals surface area contributed by atoms with Crippen molar-refractivity contribution in [1.82, 2.24) is 29.9 Å². The number of carbonyl (C=O) groups is 4. The number of fused-ring (bicyclic) bond motifs is 20. The molecule has 0 saturated heterocycles. The molecule has 0 amide bonds. The van der Waals surface area contributed by atoms with Crippen LogP contribution in [0.3, 0.4) is 0 Å². The first-order valence-corrected chi connectivity index (χ1v) is 47.6. The van der Waals surface area contributed by atoms with E-state index in [9.17, 15) is 52.8 Å². The molecule has 16 saturated carbocycles. The number of carbonyl (C=O) groups excluding carboxylic acids is 4. The van der Waals surface area contributed by atoms with Crippen LogP contribution in [-0.4, -0.2) is 109 Å². The lowest BCUT2D eigenvalue weighted by Crippen LogP contribution is -2.53. The minimum atomic E-state index is -2.63. The van der Waals surface area contributed by atoms with Gasteiger partial charge in [-0.15, -0.1) is 0 Å². The van der Waals surface area contributed by atoms with E-state index in [-0.39, 0.29) is 64.1 Å². The number of aliphatic hydroxyl groups is 4. The highest BCUT2D eigenvalue weighted by Gasteiger charge is 2.65. The van der Waals surface area contributed by atoms with Gasteiger partial charge in [-0.2, -0.15) is 0 Å². The van der Waals surface area contributed by atoms with E-state index in [2.05, 4.69) is 64.5 Å². The van der Waals surface area contributed by atoms with E-state index >= 15 is 0 Å². The number of aromatic amines is 4. The number of halogens is 3. The molecule has 0 bridgehead atoms. The molecule has 4 aromatic rings. The number of rotatable bonds is 15. The van der Waals surface area contributed by atoms with E-state index in [1.54, 1.807) is 12.4 Å². The van der Waals surface area contributed by atoms with E-state index in [0.29, 0.717) is 103 Å². The van der Waals surface area contributed by atoms with Crippen molar-refractivity contribution in [1.29, 1.82) is 0 Å². The molecule has 16 aliphatic rings. The first kappa shape index (κ1) is 83.5. The van der Waals surface area contributed by atoms with E-state index in [4.69, 9.17) is 0 Å². The molecule has 32 atom stereocenters. The van der Waals surface area contributed by atoms with Crippen LogP contribution in [0.15, 0.2) is 61.4 Å². The van der Waals surface area contributed by atoms with Gasteiger partial charge in [0.1, 0.15) is 47.1 Å². The Bertz CT molecular complexity index is 3890. The number of nitrogens with one attached hydrogen (secondary N) is 4. The second-order valence-corrected chi connectivity index (χ2v) is 44.3. The van der Waals surface area contributed by atoms with Crippen molar-refractivity contribution < 1.29 is 52.8 Å². The van der Waals surface area contributed by atoms with Gasteiger partial charge in [-0.05, 0) is 409 Å². The van der Waals surface area contributed by atoms with Gasteiger partial charge in [0.05, 0.1) is 29.6 Å². The molecule has 16 fully saturated rings. The molecular formula is C99H145F3N6O8. The van der Waals surface area contributed by atoms with Crippen molar-refractivity contribution in [2.45, 2.75) is 334 Å². The number of imidazole rings is 2. The lowest BCUT2D eigenvalue weighted by Gasteiger charge is -2.57. The number of nitrogens with zero attached hydrogens (tertiary/aromatic N) is 2. The summed E-state index contributed by atoms with van der Waals surface area (Å²) in [5.41, 5.74) is -0.966.